The molecule has 0 spiro atoms. The first-order valence-corrected chi connectivity index (χ1v) is 8.54. The predicted octanol–water partition coefficient (Wildman–Crippen LogP) is 3.61. The molecule has 0 aliphatic carbocycles. The highest BCUT2D eigenvalue weighted by Crippen LogP contribution is 2.39. The number of benzene rings is 1. The molecular formula is C18H15N3O2S. The van der Waals surface area contributed by atoms with Gasteiger partial charge in [0, 0.05) is 17.9 Å². The minimum atomic E-state index is -0.0736. The first-order chi connectivity index (χ1) is 11.6. The number of hydrogen-bond donors (Lipinski definition) is 1. The molecule has 1 aliphatic rings. The monoisotopic (exact) mass is 337 g/mol. The largest absolute Gasteiger partial charge is 0.310 e. The molecule has 5 nitrogen and oxygen atoms in total. The van der Waals surface area contributed by atoms with Crippen LogP contribution in [0.15, 0.2) is 48.0 Å². The first kappa shape index (κ1) is 14.8. The van der Waals surface area contributed by atoms with E-state index >= 15 is 0 Å². The summed E-state index contributed by atoms with van der Waals surface area (Å²) in [6, 6.07) is 11.6. The lowest BCUT2D eigenvalue weighted by atomic mass is 9.89. The van der Waals surface area contributed by atoms with Gasteiger partial charge >= 0.3 is 0 Å². The normalized spacial score (nSPS) is 16.5. The number of nitrogens with zero attached hydrogens (tertiary/aromatic N) is 2. The minimum absolute atomic E-state index is 0.0410. The molecule has 1 aliphatic heterocycles. The number of fused-ring (bicyclic) bond motifs is 1. The van der Waals surface area contributed by atoms with E-state index in [0.717, 1.165) is 16.8 Å². The molecule has 0 saturated heterocycles. The van der Waals surface area contributed by atoms with E-state index in [9.17, 15) is 9.59 Å². The Bertz CT molecular complexity index is 927. The van der Waals surface area contributed by atoms with E-state index in [1.54, 1.807) is 17.8 Å². The minimum Gasteiger partial charge on any atom is -0.310 e. The second-order valence-electron chi connectivity index (χ2n) is 5.80. The maximum Gasteiger partial charge on any atom is 0.226 e. The van der Waals surface area contributed by atoms with Crippen molar-refractivity contribution in [3.8, 4) is 5.69 Å². The van der Waals surface area contributed by atoms with Gasteiger partial charge in [-0.1, -0.05) is 18.2 Å². The smallest absolute Gasteiger partial charge is 0.226 e. The van der Waals surface area contributed by atoms with Crippen LogP contribution in [0.25, 0.3) is 5.69 Å². The molecule has 3 heterocycles. The molecule has 0 bridgehead atoms. The molecular weight excluding hydrogens is 322 g/mol. The summed E-state index contributed by atoms with van der Waals surface area (Å²) >= 11 is 1.42. The Morgan fingerprint density at radius 1 is 1.33 bits per heavy atom. The summed E-state index contributed by atoms with van der Waals surface area (Å²) in [6.07, 6.45) is 2.17. The predicted molar refractivity (Wildman–Crippen MR) is 93.0 cm³/mol. The molecule has 0 saturated carbocycles. The number of thiophene rings is 1. The third-order valence-electron chi connectivity index (χ3n) is 4.19. The van der Waals surface area contributed by atoms with Crippen LogP contribution >= 0.6 is 11.3 Å². The summed E-state index contributed by atoms with van der Waals surface area (Å²) in [5.41, 5.74) is 2.87. The molecule has 1 atom stereocenters. The van der Waals surface area contributed by atoms with Crippen molar-refractivity contribution in [2.24, 2.45) is 0 Å². The Morgan fingerprint density at radius 3 is 2.83 bits per heavy atom. The average molecular weight is 337 g/mol. The molecule has 2 aromatic heterocycles. The van der Waals surface area contributed by atoms with E-state index in [2.05, 4.69) is 10.4 Å². The summed E-state index contributed by atoms with van der Waals surface area (Å²) in [5, 5.41) is 9.35. The van der Waals surface area contributed by atoms with Gasteiger partial charge in [0.25, 0.3) is 0 Å². The Kier molecular flexibility index (Phi) is 3.54. The molecule has 1 amide bonds. The number of para-hydroxylation sites is 1. The number of carbonyl (C=O) groups is 2. The summed E-state index contributed by atoms with van der Waals surface area (Å²) < 4.78 is 1.75. The number of ketones is 1. The van der Waals surface area contributed by atoms with Gasteiger partial charge < -0.3 is 5.32 Å². The van der Waals surface area contributed by atoms with Crippen molar-refractivity contribution < 1.29 is 9.59 Å². The maximum atomic E-state index is 12.2. The third-order valence-corrected chi connectivity index (χ3v) is 5.24. The SMILES string of the molecule is CC(=O)c1cc(C2CC(=O)Nc3c2cnn3-c2ccccc2)cs1. The van der Waals surface area contributed by atoms with Gasteiger partial charge in [0.05, 0.1) is 16.8 Å². The molecule has 1 unspecified atom stereocenters. The Balaban J connectivity index is 1.79. The van der Waals surface area contributed by atoms with Gasteiger partial charge in [-0.15, -0.1) is 11.3 Å². The zero-order chi connectivity index (χ0) is 16.7. The number of aromatic nitrogens is 2. The molecule has 120 valence electrons. The zero-order valence-electron chi connectivity index (χ0n) is 13.0. The van der Waals surface area contributed by atoms with Crippen LogP contribution in [0.3, 0.4) is 0 Å². The van der Waals surface area contributed by atoms with E-state index in [4.69, 9.17) is 0 Å². The molecule has 24 heavy (non-hydrogen) atoms. The van der Waals surface area contributed by atoms with E-state index in [1.165, 1.54) is 11.3 Å². The lowest BCUT2D eigenvalue weighted by Gasteiger charge is -2.22. The van der Waals surface area contributed by atoms with E-state index in [-0.39, 0.29) is 17.6 Å². The van der Waals surface area contributed by atoms with Gasteiger partial charge in [-0.25, -0.2) is 4.68 Å². The molecule has 3 aromatic rings. The van der Waals surface area contributed by atoms with Crippen LogP contribution in [0.2, 0.25) is 0 Å². The van der Waals surface area contributed by atoms with Crippen molar-refractivity contribution in [1.82, 2.24) is 9.78 Å². The highest BCUT2D eigenvalue weighted by Gasteiger charge is 2.31. The van der Waals surface area contributed by atoms with Crippen LogP contribution in [0.4, 0.5) is 5.82 Å². The number of anilines is 1. The van der Waals surface area contributed by atoms with Gasteiger partial charge in [0.1, 0.15) is 5.82 Å². The number of nitrogens with one attached hydrogen (secondary N) is 1. The fourth-order valence-electron chi connectivity index (χ4n) is 3.00. The Morgan fingerprint density at radius 2 is 2.12 bits per heavy atom. The number of Topliss-reactive ketones (excluding diaryl/α,β-unsaturated/α-hetero) is 1. The van der Waals surface area contributed by atoms with E-state index < -0.39 is 0 Å². The standard InChI is InChI=1S/C18H15N3O2S/c1-11(22)16-7-12(10-24-16)14-8-17(23)20-18-15(14)9-19-21(18)13-5-3-2-4-6-13/h2-7,9-10,14H,8H2,1H3,(H,20,23). The highest BCUT2D eigenvalue weighted by molar-refractivity contribution is 7.12. The van der Waals surface area contributed by atoms with Crippen molar-refractivity contribution >= 4 is 28.8 Å². The quantitative estimate of drug-likeness (QED) is 0.743. The number of carbonyl (C=O) groups excluding carboxylic acids is 2. The Hall–Kier alpha value is -2.73. The topological polar surface area (TPSA) is 64.0 Å². The second kappa shape index (κ2) is 5.72. The Labute approximate surface area is 142 Å². The number of rotatable bonds is 3. The van der Waals surface area contributed by atoms with Crippen LogP contribution in [-0.2, 0) is 4.79 Å². The van der Waals surface area contributed by atoms with Crippen LogP contribution in [0.1, 0.15) is 40.1 Å². The first-order valence-electron chi connectivity index (χ1n) is 7.66. The second-order valence-corrected chi connectivity index (χ2v) is 6.71. The lowest BCUT2D eigenvalue weighted by molar-refractivity contribution is -0.116. The molecule has 1 N–H and O–H groups in total. The summed E-state index contributed by atoms with van der Waals surface area (Å²) in [7, 11) is 0. The van der Waals surface area contributed by atoms with E-state index in [1.807, 2.05) is 41.8 Å². The summed E-state index contributed by atoms with van der Waals surface area (Å²) in [6.45, 7) is 1.56. The maximum absolute atomic E-state index is 12.2. The van der Waals surface area contributed by atoms with Crippen LogP contribution < -0.4 is 5.32 Å². The van der Waals surface area contributed by atoms with Crippen LogP contribution in [0.5, 0.6) is 0 Å². The van der Waals surface area contributed by atoms with Gasteiger partial charge in [-0.3, -0.25) is 9.59 Å². The van der Waals surface area contributed by atoms with Gasteiger partial charge in [-0.2, -0.15) is 5.10 Å². The van der Waals surface area contributed by atoms with Gasteiger partial charge in [0.2, 0.25) is 5.91 Å². The van der Waals surface area contributed by atoms with E-state index in [0.29, 0.717) is 17.1 Å². The molecule has 4 rings (SSSR count). The van der Waals surface area contributed by atoms with Crippen molar-refractivity contribution in [2.45, 2.75) is 19.3 Å². The average Bonchev–Trinajstić information content (AvgIpc) is 3.22. The molecule has 1 aromatic carbocycles. The van der Waals surface area contributed by atoms with Gasteiger partial charge in [-0.05, 0) is 36.1 Å². The van der Waals surface area contributed by atoms with Crippen LogP contribution in [0, 0.1) is 0 Å². The van der Waals surface area contributed by atoms with Gasteiger partial charge in [0.15, 0.2) is 5.78 Å². The fraction of sp³-hybridized carbons (Fsp3) is 0.167. The molecule has 0 radical (unpaired) electrons. The van der Waals surface area contributed by atoms with Crippen molar-refractivity contribution in [3.05, 3.63) is 64.0 Å². The fourth-order valence-corrected chi connectivity index (χ4v) is 3.87. The van der Waals surface area contributed by atoms with Crippen molar-refractivity contribution in [2.75, 3.05) is 5.32 Å². The number of amides is 1. The highest BCUT2D eigenvalue weighted by atomic mass is 32.1. The van der Waals surface area contributed by atoms with Crippen molar-refractivity contribution in [3.63, 3.8) is 0 Å². The summed E-state index contributed by atoms with van der Waals surface area (Å²) in [4.78, 5) is 24.5. The molecule has 6 heteroatoms. The molecule has 0 fully saturated rings. The third kappa shape index (κ3) is 2.45. The zero-order valence-corrected chi connectivity index (χ0v) is 13.8. The summed E-state index contributed by atoms with van der Waals surface area (Å²) in [5.74, 6) is 0.640. The number of hydrogen-bond acceptors (Lipinski definition) is 4. The lowest BCUT2D eigenvalue weighted by Crippen LogP contribution is -2.24. The van der Waals surface area contributed by atoms with Crippen molar-refractivity contribution in [1.29, 1.82) is 0 Å². The van der Waals surface area contributed by atoms with Crippen LogP contribution in [-0.4, -0.2) is 21.5 Å².